The highest BCUT2D eigenvalue weighted by Crippen LogP contribution is 2.26. The first-order valence-corrected chi connectivity index (χ1v) is 8.50. The van der Waals surface area contributed by atoms with Gasteiger partial charge in [0.05, 0.1) is 12.1 Å². The number of hydrogen-bond donors (Lipinski definition) is 3. The monoisotopic (exact) mass is 312 g/mol. The molecule has 3 N–H and O–H groups in total. The highest BCUT2D eigenvalue weighted by molar-refractivity contribution is 7.89. The van der Waals surface area contributed by atoms with Gasteiger partial charge in [-0.25, -0.2) is 13.1 Å². The van der Waals surface area contributed by atoms with Crippen LogP contribution in [-0.2, 0) is 14.8 Å². The van der Waals surface area contributed by atoms with Crippen LogP contribution in [0.5, 0.6) is 0 Å². The average Bonchev–Trinajstić information content (AvgIpc) is 3.21. The third-order valence-corrected chi connectivity index (χ3v) is 4.93. The van der Waals surface area contributed by atoms with Crippen molar-refractivity contribution in [2.45, 2.75) is 49.6 Å². The molecule has 0 bridgehead atoms. The SMILES string of the molecule is CCC(CC(=O)O)Nc1ccccc1S(=O)(=O)NC1CC1. The Hall–Kier alpha value is -1.60. The number of carboxylic acid groups (broad SMARTS) is 1. The largest absolute Gasteiger partial charge is 0.481 e. The summed E-state index contributed by atoms with van der Waals surface area (Å²) in [7, 11) is -3.57. The second-order valence-electron chi connectivity index (χ2n) is 5.24. The smallest absolute Gasteiger partial charge is 0.305 e. The fraction of sp³-hybridized carbons (Fsp3) is 0.500. The van der Waals surface area contributed by atoms with Crippen molar-refractivity contribution >= 4 is 21.7 Å². The quantitative estimate of drug-likeness (QED) is 0.680. The second kappa shape index (κ2) is 6.44. The summed E-state index contributed by atoms with van der Waals surface area (Å²) in [6, 6.07) is 6.30. The third kappa shape index (κ3) is 4.44. The average molecular weight is 312 g/mol. The lowest BCUT2D eigenvalue weighted by atomic mass is 10.1. The van der Waals surface area contributed by atoms with Crippen molar-refractivity contribution in [2.24, 2.45) is 0 Å². The standard InChI is InChI=1S/C14H20N2O4S/c1-2-10(9-14(17)18)15-12-5-3-4-6-13(12)21(19,20)16-11-7-8-11/h3-6,10-11,15-16H,2,7-9H2,1H3,(H,17,18). The number of aliphatic carboxylic acids is 1. The number of anilines is 1. The summed E-state index contributed by atoms with van der Waals surface area (Å²) in [5.41, 5.74) is 0.443. The molecule has 0 aliphatic heterocycles. The van der Waals surface area contributed by atoms with E-state index in [0.717, 1.165) is 12.8 Å². The summed E-state index contributed by atoms with van der Waals surface area (Å²) in [5.74, 6) is -0.911. The number of rotatable bonds is 8. The predicted molar refractivity (Wildman–Crippen MR) is 79.7 cm³/mol. The Morgan fingerprint density at radius 1 is 1.38 bits per heavy atom. The van der Waals surface area contributed by atoms with Crippen molar-refractivity contribution in [3.63, 3.8) is 0 Å². The van der Waals surface area contributed by atoms with E-state index in [2.05, 4.69) is 10.0 Å². The number of hydrogen-bond acceptors (Lipinski definition) is 4. The molecule has 0 heterocycles. The van der Waals surface area contributed by atoms with Gasteiger partial charge in [0.15, 0.2) is 0 Å². The Morgan fingerprint density at radius 2 is 2.05 bits per heavy atom. The normalized spacial score (nSPS) is 16.4. The Bertz CT molecular complexity index is 611. The molecule has 1 unspecified atom stereocenters. The molecule has 2 rings (SSSR count). The van der Waals surface area contributed by atoms with E-state index in [1.807, 2.05) is 6.92 Å². The first-order chi connectivity index (χ1) is 9.92. The van der Waals surface area contributed by atoms with E-state index < -0.39 is 16.0 Å². The molecule has 0 saturated heterocycles. The predicted octanol–water partition coefficient (Wildman–Crippen LogP) is 1.79. The maximum atomic E-state index is 12.3. The van der Waals surface area contributed by atoms with Crippen molar-refractivity contribution in [1.82, 2.24) is 4.72 Å². The molecule has 1 aromatic carbocycles. The van der Waals surface area contributed by atoms with Gasteiger partial charge in [-0.2, -0.15) is 0 Å². The van der Waals surface area contributed by atoms with Gasteiger partial charge in [-0.15, -0.1) is 0 Å². The number of carboxylic acids is 1. The molecule has 7 heteroatoms. The fourth-order valence-electron chi connectivity index (χ4n) is 2.03. The van der Waals surface area contributed by atoms with Crippen LogP contribution in [0.3, 0.4) is 0 Å². The zero-order valence-electron chi connectivity index (χ0n) is 11.9. The molecule has 1 atom stereocenters. The minimum atomic E-state index is -3.57. The molecular formula is C14H20N2O4S. The molecule has 6 nitrogen and oxygen atoms in total. The summed E-state index contributed by atoms with van der Waals surface area (Å²) in [5, 5.41) is 11.9. The van der Waals surface area contributed by atoms with Gasteiger partial charge < -0.3 is 10.4 Å². The van der Waals surface area contributed by atoms with Gasteiger partial charge in [-0.1, -0.05) is 19.1 Å². The van der Waals surface area contributed by atoms with Gasteiger partial charge >= 0.3 is 5.97 Å². The van der Waals surface area contributed by atoms with Crippen LogP contribution in [0.15, 0.2) is 29.2 Å². The number of para-hydroxylation sites is 1. The van der Waals surface area contributed by atoms with Crippen LogP contribution in [0.1, 0.15) is 32.6 Å². The van der Waals surface area contributed by atoms with Crippen molar-refractivity contribution in [3.8, 4) is 0 Å². The van der Waals surface area contributed by atoms with Crippen LogP contribution in [0.25, 0.3) is 0 Å². The van der Waals surface area contributed by atoms with E-state index in [1.165, 1.54) is 6.07 Å². The topological polar surface area (TPSA) is 95.5 Å². The van der Waals surface area contributed by atoms with Crippen LogP contribution in [0.2, 0.25) is 0 Å². The maximum absolute atomic E-state index is 12.3. The van der Waals surface area contributed by atoms with Crippen LogP contribution >= 0.6 is 0 Å². The molecule has 0 amide bonds. The number of nitrogens with one attached hydrogen (secondary N) is 2. The lowest BCUT2D eigenvalue weighted by molar-refractivity contribution is -0.137. The summed E-state index contributed by atoms with van der Waals surface area (Å²) in [6.07, 6.45) is 2.27. The van der Waals surface area contributed by atoms with E-state index >= 15 is 0 Å². The van der Waals surface area contributed by atoms with Crippen LogP contribution < -0.4 is 10.0 Å². The highest BCUT2D eigenvalue weighted by Gasteiger charge is 2.29. The Morgan fingerprint density at radius 3 is 2.62 bits per heavy atom. The maximum Gasteiger partial charge on any atom is 0.305 e. The lowest BCUT2D eigenvalue weighted by Gasteiger charge is -2.19. The van der Waals surface area contributed by atoms with Gasteiger partial charge in [0.1, 0.15) is 4.90 Å². The van der Waals surface area contributed by atoms with Crippen molar-refractivity contribution in [3.05, 3.63) is 24.3 Å². The van der Waals surface area contributed by atoms with Crippen molar-refractivity contribution < 1.29 is 18.3 Å². The van der Waals surface area contributed by atoms with Crippen LogP contribution in [-0.4, -0.2) is 31.6 Å². The minimum absolute atomic E-state index is 0.0315. The first-order valence-electron chi connectivity index (χ1n) is 7.02. The number of carbonyl (C=O) groups is 1. The van der Waals surface area contributed by atoms with E-state index in [4.69, 9.17) is 5.11 Å². The molecule has 1 fully saturated rings. The summed E-state index contributed by atoms with van der Waals surface area (Å²) in [6.45, 7) is 1.86. The highest BCUT2D eigenvalue weighted by atomic mass is 32.2. The van der Waals surface area contributed by atoms with Gasteiger partial charge in [-0.3, -0.25) is 4.79 Å². The van der Waals surface area contributed by atoms with E-state index in [1.54, 1.807) is 18.2 Å². The van der Waals surface area contributed by atoms with Crippen molar-refractivity contribution in [2.75, 3.05) is 5.32 Å². The lowest BCUT2D eigenvalue weighted by Crippen LogP contribution is -2.28. The van der Waals surface area contributed by atoms with Crippen LogP contribution in [0, 0.1) is 0 Å². The molecule has 1 aromatic rings. The Balaban J connectivity index is 2.21. The molecule has 1 aliphatic rings. The number of sulfonamides is 1. The summed E-state index contributed by atoms with van der Waals surface area (Å²) >= 11 is 0. The third-order valence-electron chi connectivity index (χ3n) is 3.35. The zero-order chi connectivity index (χ0) is 15.5. The van der Waals surface area contributed by atoms with Gasteiger partial charge in [0.25, 0.3) is 0 Å². The molecule has 0 aromatic heterocycles. The van der Waals surface area contributed by atoms with E-state index in [-0.39, 0.29) is 23.4 Å². The van der Waals surface area contributed by atoms with E-state index in [0.29, 0.717) is 12.1 Å². The molecule has 0 spiro atoms. The zero-order valence-corrected chi connectivity index (χ0v) is 12.7. The summed E-state index contributed by atoms with van der Waals surface area (Å²) in [4.78, 5) is 11.0. The molecule has 1 aliphatic carbocycles. The van der Waals surface area contributed by atoms with Gasteiger partial charge in [0.2, 0.25) is 10.0 Å². The number of benzene rings is 1. The molecule has 116 valence electrons. The van der Waals surface area contributed by atoms with Gasteiger partial charge in [-0.05, 0) is 31.4 Å². The van der Waals surface area contributed by atoms with Gasteiger partial charge in [0, 0.05) is 12.1 Å². The Labute approximate surface area is 124 Å². The second-order valence-corrected chi connectivity index (χ2v) is 6.92. The molecule has 1 saturated carbocycles. The molecule has 0 radical (unpaired) electrons. The minimum Gasteiger partial charge on any atom is -0.481 e. The van der Waals surface area contributed by atoms with E-state index in [9.17, 15) is 13.2 Å². The molecule has 21 heavy (non-hydrogen) atoms. The Kier molecular flexibility index (Phi) is 4.84. The first kappa shape index (κ1) is 15.8. The van der Waals surface area contributed by atoms with Crippen LogP contribution in [0.4, 0.5) is 5.69 Å². The van der Waals surface area contributed by atoms with Crippen molar-refractivity contribution in [1.29, 1.82) is 0 Å². The molecular weight excluding hydrogens is 292 g/mol. The summed E-state index contributed by atoms with van der Waals surface area (Å²) < 4.78 is 27.3. The fourth-order valence-corrected chi connectivity index (χ4v) is 3.51.